The monoisotopic (exact) mass is 363 g/mol. The van der Waals surface area contributed by atoms with Crippen LogP contribution in [0.2, 0.25) is 15.1 Å². The lowest BCUT2D eigenvalue weighted by Crippen LogP contribution is -2.06. The Morgan fingerprint density at radius 2 is 1.72 bits per heavy atom. The van der Waals surface area contributed by atoms with Crippen LogP contribution in [0.15, 0.2) is 10.5 Å². The smallest absolute Gasteiger partial charge is 0.0922 e. The number of hydrogen-bond donors (Lipinski definition) is 0. The second-order valence-electron chi connectivity index (χ2n) is 4.44. The minimum absolute atomic E-state index is 0.469. The molecule has 0 unspecified atom stereocenters. The van der Waals surface area contributed by atoms with Crippen LogP contribution in [-0.4, -0.2) is 4.98 Å². The molecular formula is C13H9BrCl3N. The number of aryl methyl sites for hydroxylation is 1. The van der Waals surface area contributed by atoms with Crippen molar-refractivity contribution >= 4 is 61.6 Å². The number of fused-ring (bicyclic) bond motifs is 2. The molecule has 1 aliphatic carbocycles. The molecule has 2 aromatic rings. The summed E-state index contributed by atoms with van der Waals surface area (Å²) in [5.41, 5.74) is 2.94. The van der Waals surface area contributed by atoms with E-state index < -0.39 is 0 Å². The molecule has 1 heterocycles. The predicted molar refractivity (Wildman–Crippen MR) is 81.1 cm³/mol. The Bertz CT molecular complexity index is 655. The third-order valence-corrected chi connectivity index (χ3v) is 5.47. The van der Waals surface area contributed by atoms with Crippen LogP contribution >= 0.6 is 50.7 Å². The molecular weight excluding hydrogens is 356 g/mol. The Labute approximate surface area is 129 Å². The van der Waals surface area contributed by atoms with Gasteiger partial charge < -0.3 is 0 Å². The second-order valence-corrected chi connectivity index (χ2v) is 6.43. The van der Waals surface area contributed by atoms with Gasteiger partial charge in [-0.25, -0.2) is 0 Å². The van der Waals surface area contributed by atoms with Gasteiger partial charge in [-0.2, -0.15) is 0 Å². The summed E-state index contributed by atoms with van der Waals surface area (Å²) in [5.74, 6) is 0. The van der Waals surface area contributed by atoms with Crippen molar-refractivity contribution in [3.8, 4) is 0 Å². The zero-order chi connectivity index (χ0) is 12.9. The summed E-state index contributed by atoms with van der Waals surface area (Å²) in [5, 5.41) is 2.60. The molecule has 1 aromatic carbocycles. The number of aromatic nitrogens is 1. The molecule has 0 N–H and O–H groups in total. The van der Waals surface area contributed by atoms with E-state index in [-0.39, 0.29) is 0 Å². The molecule has 0 aliphatic heterocycles. The van der Waals surface area contributed by atoms with Crippen molar-refractivity contribution in [3.05, 3.63) is 36.9 Å². The molecule has 0 atom stereocenters. The van der Waals surface area contributed by atoms with Gasteiger partial charge in [-0.1, -0.05) is 34.8 Å². The summed E-state index contributed by atoms with van der Waals surface area (Å²) in [6, 6.07) is 1.90. The highest BCUT2D eigenvalue weighted by molar-refractivity contribution is 9.10. The lowest BCUT2D eigenvalue weighted by molar-refractivity contribution is 0.671. The first-order chi connectivity index (χ1) is 8.59. The van der Waals surface area contributed by atoms with Crippen LogP contribution in [0.25, 0.3) is 10.9 Å². The Morgan fingerprint density at radius 3 is 2.50 bits per heavy atom. The number of halogens is 4. The summed E-state index contributed by atoms with van der Waals surface area (Å²) in [6.07, 6.45) is 4.29. The standard InChI is InChI=1S/C13H9BrCl3N/c14-8-5-7-10(15)6-3-1-2-4-9(6)18-13(7)12(17)11(8)16/h5H,1-4H2. The summed E-state index contributed by atoms with van der Waals surface area (Å²) in [7, 11) is 0. The number of pyridine rings is 1. The maximum Gasteiger partial charge on any atom is 0.0922 e. The Balaban J connectivity index is 2.42. The van der Waals surface area contributed by atoms with Gasteiger partial charge in [0, 0.05) is 15.6 Å². The highest BCUT2D eigenvalue weighted by Crippen LogP contribution is 2.41. The molecule has 18 heavy (non-hydrogen) atoms. The first-order valence-corrected chi connectivity index (χ1v) is 7.66. The van der Waals surface area contributed by atoms with Gasteiger partial charge in [-0.3, -0.25) is 4.98 Å². The minimum atomic E-state index is 0.469. The maximum atomic E-state index is 6.49. The molecule has 1 nitrogen and oxygen atoms in total. The fourth-order valence-corrected chi connectivity index (χ4v) is 3.69. The van der Waals surface area contributed by atoms with Gasteiger partial charge in [-0.15, -0.1) is 0 Å². The highest BCUT2D eigenvalue weighted by Gasteiger charge is 2.20. The van der Waals surface area contributed by atoms with E-state index in [4.69, 9.17) is 34.8 Å². The van der Waals surface area contributed by atoms with Gasteiger partial charge in [0.15, 0.2) is 0 Å². The van der Waals surface area contributed by atoms with Gasteiger partial charge in [0.1, 0.15) is 0 Å². The Morgan fingerprint density at radius 1 is 1.00 bits per heavy atom. The third kappa shape index (κ3) is 1.94. The first kappa shape index (κ1) is 13.0. The molecule has 0 fully saturated rings. The average Bonchev–Trinajstić information content (AvgIpc) is 2.38. The van der Waals surface area contributed by atoms with Gasteiger partial charge in [0.05, 0.1) is 20.6 Å². The van der Waals surface area contributed by atoms with Crippen molar-refractivity contribution in [2.75, 3.05) is 0 Å². The summed E-state index contributed by atoms with van der Waals surface area (Å²) < 4.78 is 0.751. The average molecular weight is 365 g/mol. The normalized spacial score (nSPS) is 14.9. The molecule has 0 saturated heterocycles. The zero-order valence-corrected chi connectivity index (χ0v) is 13.2. The zero-order valence-electron chi connectivity index (χ0n) is 9.36. The molecule has 0 amide bonds. The van der Waals surface area contributed by atoms with Crippen molar-refractivity contribution in [2.45, 2.75) is 25.7 Å². The summed E-state index contributed by atoms with van der Waals surface area (Å²) in [4.78, 5) is 4.66. The lowest BCUT2D eigenvalue weighted by atomic mass is 9.94. The Hall–Kier alpha value is -0.0200. The van der Waals surface area contributed by atoms with E-state index in [0.717, 1.165) is 39.8 Å². The minimum Gasteiger partial charge on any atom is -0.251 e. The number of rotatable bonds is 0. The predicted octanol–water partition coefficient (Wildman–Crippen LogP) is 5.84. The van der Waals surface area contributed by atoms with E-state index >= 15 is 0 Å². The second kappa shape index (κ2) is 4.82. The topological polar surface area (TPSA) is 12.9 Å². The molecule has 5 heteroatoms. The number of benzene rings is 1. The fraction of sp³-hybridized carbons (Fsp3) is 0.308. The maximum absolute atomic E-state index is 6.49. The van der Waals surface area contributed by atoms with Crippen molar-refractivity contribution in [1.82, 2.24) is 4.98 Å². The van der Waals surface area contributed by atoms with Gasteiger partial charge in [0.25, 0.3) is 0 Å². The van der Waals surface area contributed by atoms with Crippen LogP contribution in [0, 0.1) is 0 Å². The summed E-state index contributed by atoms with van der Waals surface area (Å²) >= 11 is 22.3. The van der Waals surface area contributed by atoms with E-state index in [1.54, 1.807) is 0 Å². The SMILES string of the molecule is Clc1c(Br)cc2c(Cl)c3c(nc2c1Cl)CCCC3. The van der Waals surface area contributed by atoms with Crippen LogP contribution in [0.3, 0.4) is 0 Å². The van der Waals surface area contributed by atoms with Crippen LogP contribution in [0.5, 0.6) is 0 Å². The van der Waals surface area contributed by atoms with Crippen LogP contribution in [0.1, 0.15) is 24.1 Å². The number of nitrogens with zero attached hydrogens (tertiary/aromatic N) is 1. The molecule has 1 aromatic heterocycles. The molecule has 0 saturated carbocycles. The molecule has 1 aliphatic rings. The third-order valence-electron chi connectivity index (χ3n) is 3.32. The quantitative estimate of drug-likeness (QED) is 0.535. The van der Waals surface area contributed by atoms with E-state index in [1.165, 1.54) is 12.0 Å². The van der Waals surface area contributed by atoms with E-state index in [1.807, 2.05) is 6.07 Å². The van der Waals surface area contributed by atoms with Crippen molar-refractivity contribution in [1.29, 1.82) is 0 Å². The van der Waals surface area contributed by atoms with Crippen LogP contribution in [-0.2, 0) is 12.8 Å². The molecule has 0 spiro atoms. The van der Waals surface area contributed by atoms with Crippen molar-refractivity contribution in [2.24, 2.45) is 0 Å². The van der Waals surface area contributed by atoms with Gasteiger partial charge in [0.2, 0.25) is 0 Å². The van der Waals surface area contributed by atoms with E-state index in [0.29, 0.717) is 15.6 Å². The molecule has 0 radical (unpaired) electrons. The van der Waals surface area contributed by atoms with Gasteiger partial charge in [-0.05, 0) is 53.2 Å². The van der Waals surface area contributed by atoms with E-state index in [2.05, 4.69) is 20.9 Å². The first-order valence-electron chi connectivity index (χ1n) is 5.74. The van der Waals surface area contributed by atoms with E-state index in [9.17, 15) is 0 Å². The molecule has 94 valence electrons. The van der Waals surface area contributed by atoms with Crippen molar-refractivity contribution in [3.63, 3.8) is 0 Å². The lowest BCUT2D eigenvalue weighted by Gasteiger charge is -2.18. The molecule has 3 rings (SSSR count). The van der Waals surface area contributed by atoms with Gasteiger partial charge >= 0.3 is 0 Å². The molecule has 0 bridgehead atoms. The fourth-order valence-electron chi connectivity index (χ4n) is 2.41. The van der Waals surface area contributed by atoms with Crippen LogP contribution in [0.4, 0.5) is 0 Å². The number of hydrogen-bond acceptors (Lipinski definition) is 1. The summed E-state index contributed by atoms with van der Waals surface area (Å²) in [6.45, 7) is 0. The highest BCUT2D eigenvalue weighted by atomic mass is 79.9. The van der Waals surface area contributed by atoms with Crippen LogP contribution < -0.4 is 0 Å². The van der Waals surface area contributed by atoms with Crippen molar-refractivity contribution < 1.29 is 0 Å². The largest absolute Gasteiger partial charge is 0.251 e. The Kier molecular flexibility index (Phi) is 3.48.